The Bertz CT molecular complexity index is 1350. The molecule has 3 aromatic carbocycles. The van der Waals surface area contributed by atoms with Crippen molar-refractivity contribution in [2.24, 2.45) is 10.2 Å². The third kappa shape index (κ3) is 5.11. The Balaban J connectivity index is 1.38. The molecule has 5 rings (SSSR count). The first kappa shape index (κ1) is 22.1. The second-order valence-electron chi connectivity index (χ2n) is 7.66. The fourth-order valence-electron chi connectivity index (χ4n) is 3.59. The fourth-order valence-corrected chi connectivity index (χ4v) is 4.68. The lowest BCUT2D eigenvalue weighted by molar-refractivity contribution is -0.118. The fraction of sp³-hybridized carbons (Fsp3) is 0.0769. The normalized spacial score (nSPS) is 16.9. The van der Waals surface area contributed by atoms with E-state index in [1.54, 1.807) is 10.9 Å². The minimum atomic E-state index is -0.221. The second-order valence-corrected chi connectivity index (χ2v) is 9.28. The quantitative estimate of drug-likeness (QED) is 0.295. The largest absolute Gasteiger partial charge is 0.303 e. The van der Waals surface area contributed by atoms with Gasteiger partial charge >= 0.3 is 0 Å². The molecule has 34 heavy (non-hydrogen) atoms. The zero-order valence-electron chi connectivity index (χ0n) is 18.0. The number of amides is 1. The predicted molar refractivity (Wildman–Crippen MR) is 139 cm³/mol. The highest BCUT2D eigenvalue weighted by Crippen LogP contribution is 2.25. The molecule has 1 unspecified atom stereocenters. The minimum Gasteiger partial charge on any atom is -0.303 e. The summed E-state index contributed by atoms with van der Waals surface area (Å²) in [4.78, 5) is 12.4. The van der Waals surface area contributed by atoms with Gasteiger partial charge in [-0.3, -0.25) is 4.79 Å². The van der Waals surface area contributed by atoms with Gasteiger partial charge in [0, 0.05) is 22.3 Å². The third-order valence-electron chi connectivity index (χ3n) is 5.27. The number of carbonyl (C=O) groups excluding carboxylic acids is 1. The van der Waals surface area contributed by atoms with Crippen LogP contribution in [0.4, 0.5) is 0 Å². The van der Waals surface area contributed by atoms with Crippen LogP contribution < -0.4 is 5.32 Å². The molecule has 0 radical (unpaired) electrons. The van der Waals surface area contributed by atoms with Gasteiger partial charge in [-0.2, -0.15) is 10.2 Å². The van der Waals surface area contributed by atoms with E-state index in [4.69, 9.17) is 16.7 Å². The molecule has 1 atom stereocenters. The Morgan fingerprint density at radius 2 is 1.71 bits per heavy atom. The molecule has 1 N–H and O–H groups in total. The van der Waals surface area contributed by atoms with Gasteiger partial charge in [0.2, 0.25) is 5.91 Å². The number of aromatic nitrogens is 2. The van der Waals surface area contributed by atoms with E-state index in [9.17, 15) is 4.79 Å². The highest BCUT2D eigenvalue weighted by Gasteiger charge is 2.30. The molecule has 1 aromatic heterocycles. The van der Waals surface area contributed by atoms with Crippen molar-refractivity contribution in [2.75, 3.05) is 0 Å². The number of rotatable bonds is 6. The molecule has 8 heteroatoms. The molecule has 1 aliphatic rings. The van der Waals surface area contributed by atoms with Crippen LogP contribution in [0.25, 0.3) is 16.9 Å². The lowest BCUT2D eigenvalue weighted by Gasteiger charge is -2.04. The number of benzene rings is 3. The van der Waals surface area contributed by atoms with E-state index in [-0.39, 0.29) is 11.2 Å². The van der Waals surface area contributed by atoms with E-state index < -0.39 is 0 Å². The van der Waals surface area contributed by atoms with Crippen LogP contribution in [-0.4, -0.2) is 32.3 Å². The first-order valence-electron chi connectivity index (χ1n) is 10.7. The summed E-state index contributed by atoms with van der Waals surface area (Å²) < 4.78 is 1.81. The van der Waals surface area contributed by atoms with Gasteiger partial charge in [-0.15, -0.1) is 5.10 Å². The number of hydrogen-bond donors (Lipinski definition) is 1. The van der Waals surface area contributed by atoms with E-state index in [0.717, 1.165) is 28.1 Å². The number of nitrogens with one attached hydrogen (secondary N) is 1. The Morgan fingerprint density at radius 3 is 2.44 bits per heavy atom. The smallest absolute Gasteiger partial charge is 0.239 e. The van der Waals surface area contributed by atoms with Crippen LogP contribution in [0.1, 0.15) is 11.1 Å². The lowest BCUT2D eigenvalue weighted by Crippen LogP contribution is -2.25. The first-order chi connectivity index (χ1) is 16.7. The molecule has 2 heterocycles. The summed E-state index contributed by atoms with van der Waals surface area (Å²) in [7, 11) is 0. The molecule has 1 amide bonds. The van der Waals surface area contributed by atoms with Gasteiger partial charge in [0.05, 0.1) is 17.2 Å². The molecule has 1 aliphatic heterocycles. The molecule has 1 fully saturated rings. The molecule has 0 saturated carbocycles. The van der Waals surface area contributed by atoms with Gasteiger partial charge in [0.25, 0.3) is 0 Å². The number of hydrogen-bond acceptors (Lipinski definition) is 5. The van der Waals surface area contributed by atoms with Crippen LogP contribution in [0, 0.1) is 0 Å². The number of amidine groups is 1. The molecular formula is C26H20ClN5OS. The molecule has 0 spiro atoms. The van der Waals surface area contributed by atoms with Gasteiger partial charge in [-0.1, -0.05) is 84.0 Å². The van der Waals surface area contributed by atoms with Crippen molar-refractivity contribution in [3.05, 3.63) is 107 Å². The zero-order valence-corrected chi connectivity index (χ0v) is 19.6. The topological polar surface area (TPSA) is 71.6 Å². The maximum absolute atomic E-state index is 12.4. The Labute approximate surface area is 206 Å². The van der Waals surface area contributed by atoms with Crippen molar-refractivity contribution in [1.82, 2.24) is 15.1 Å². The van der Waals surface area contributed by atoms with Crippen LogP contribution >= 0.6 is 23.4 Å². The van der Waals surface area contributed by atoms with Crippen molar-refractivity contribution < 1.29 is 4.79 Å². The van der Waals surface area contributed by atoms with Gasteiger partial charge in [0.1, 0.15) is 5.69 Å². The highest BCUT2D eigenvalue weighted by atomic mass is 35.5. The number of thioether (sulfide) groups is 1. The van der Waals surface area contributed by atoms with Crippen molar-refractivity contribution in [2.45, 2.75) is 11.7 Å². The summed E-state index contributed by atoms with van der Waals surface area (Å²) >= 11 is 7.46. The zero-order chi connectivity index (χ0) is 23.3. The van der Waals surface area contributed by atoms with Gasteiger partial charge < -0.3 is 5.32 Å². The predicted octanol–water partition coefficient (Wildman–Crippen LogP) is 5.36. The van der Waals surface area contributed by atoms with Crippen LogP contribution in [0.2, 0.25) is 5.02 Å². The van der Waals surface area contributed by atoms with Crippen molar-refractivity contribution in [1.29, 1.82) is 0 Å². The van der Waals surface area contributed by atoms with Crippen LogP contribution in [-0.2, 0) is 11.2 Å². The maximum Gasteiger partial charge on any atom is 0.239 e. The molecule has 168 valence electrons. The molecule has 0 aliphatic carbocycles. The van der Waals surface area contributed by atoms with Gasteiger partial charge in [0.15, 0.2) is 5.17 Å². The molecule has 1 saturated heterocycles. The van der Waals surface area contributed by atoms with E-state index in [1.807, 2.05) is 91.1 Å². The van der Waals surface area contributed by atoms with Crippen LogP contribution in [0.5, 0.6) is 0 Å². The van der Waals surface area contributed by atoms with Crippen molar-refractivity contribution >= 4 is 40.7 Å². The Kier molecular flexibility index (Phi) is 6.56. The number of carbonyl (C=O) groups is 1. The standard InChI is InChI=1S/C26H20ClN5OS/c27-21-13-11-19(12-14-21)24-20(17-32(31-24)22-9-5-2-6-10-22)16-28-30-26-29-25(33)23(34-26)15-18-7-3-1-4-8-18/h1-14,16-17,23H,15H2,(H,29,30,33)/b28-16+. The maximum atomic E-state index is 12.4. The monoisotopic (exact) mass is 485 g/mol. The summed E-state index contributed by atoms with van der Waals surface area (Å²) in [6.07, 6.45) is 4.20. The first-order valence-corrected chi connectivity index (χ1v) is 11.9. The van der Waals surface area contributed by atoms with Crippen LogP contribution in [0.3, 0.4) is 0 Å². The molecular weight excluding hydrogens is 466 g/mol. The number of para-hydroxylation sites is 1. The third-order valence-corrected chi connectivity index (χ3v) is 6.59. The summed E-state index contributed by atoms with van der Waals surface area (Å²) in [6, 6.07) is 27.3. The molecule has 4 aromatic rings. The van der Waals surface area contributed by atoms with Gasteiger partial charge in [-0.05, 0) is 36.2 Å². The highest BCUT2D eigenvalue weighted by molar-refractivity contribution is 8.15. The van der Waals surface area contributed by atoms with Crippen molar-refractivity contribution in [3.63, 3.8) is 0 Å². The average molecular weight is 486 g/mol. The van der Waals surface area contributed by atoms with E-state index in [2.05, 4.69) is 15.5 Å². The summed E-state index contributed by atoms with van der Waals surface area (Å²) in [5.74, 6) is -0.0541. The Hall–Kier alpha value is -3.68. The average Bonchev–Trinajstić information content (AvgIpc) is 3.44. The number of halogens is 1. The summed E-state index contributed by atoms with van der Waals surface area (Å²) in [6.45, 7) is 0. The number of nitrogens with zero attached hydrogens (tertiary/aromatic N) is 4. The van der Waals surface area contributed by atoms with Gasteiger partial charge in [-0.25, -0.2) is 4.68 Å². The van der Waals surface area contributed by atoms with Crippen LogP contribution in [0.15, 0.2) is 101 Å². The molecule has 0 bridgehead atoms. The SMILES string of the molecule is O=C1N/C(=N\N=C\c2cn(-c3ccccc3)nc2-c2ccc(Cl)cc2)SC1Cc1ccccc1. The van der Waals surface area contributed by atoms with E-state index >= 15 is 0 Å². The lowest BCUT2D eigenvalue weighted by atomic mass is 10.1. The Morgan fingerprint density at radius 1 is 1.00 bits per heavy atom. The minimum absolute atomic E-state index is 0.0541. The van der Waals surface area contributed by atoms with E-state index in [0.29, 0.717) is 16.6 Å². The summed E-state index contributed by atoms with van der Waals surface area (Å²) in [5, 5.41) is 17.0. The second kappa shape index (κ2) is 10.1. The molecule has 6 nitrogen and oxygen atoms in total. The van der Waals surface area contributed by atoms with Crippen molar-refractivity contribution in [3.8, 4) is 16.9 Å². The van der Waals surface area contributed by atoms with E-state index in [1.165, 1.54) is 11.8 Å². The summed E-state index contributed by atoms with van der Waals surface area (Å²) in [5.41, 5.74) is 4.52.